The van der Waals surface area contributed by atoms with Gasteiger partial charge in [0.1, 0.15) is 5.76 Å². The molecule has 1 atom stereocenters. The van der Waals surface area contributed by atoms with E-state index in [2.05, 4.69) is 54.8 Å². The lowest BCUT2D eigenvalue weighted by atomic mass is 10.0. The molecule has 2 heterocycles. The average molecular weight is 371 g/mol. The van der Waals surface area contributed by atoms with E-state index >= 15 is 0 Å². The first-order chi connectivity index (χ1) is 13.2. The van der Waals surface area contributed by atoms with Crippen LogP contribution in [0.15, 0.2) is 47.1 Å². The number of furan rings is 1. The summed E-state index contributed by atoms with van der Waals surface area (Å²) < 4.78 is 5.32. The zero-order chi connectivity index (χ0) is 19.3. The third kappa shape index (κ3) is 8.44. The second-order valence-electron chi connectivity index (χ2n) is 7.10. The molecular formula is C23H34N2O2. The molecule has 1 aromatic heterocycles. The molecule has 2 aromatic rings. The zero-order valence-corrected chi connectivity index (χ0v) is 16.8. The molecule has 3 rings (SSSR count). The van der Waals surface area contributed by atoms with Crippen LogP contribution in [-0.2, 0) is 24.1 Å². The number of unbranched alkanes of at least 4 members (excludes halogenated alkanes) is 2. The van der Waals surface area contributed by atoms with E-state index in [0.29, 0.717) is 12.6 Å². The minimum atomic E-state index is 0.111. The Hall–Kier alpha value is -2.07. The van der Waals surface area contributed by atoms with Crippen molar-refractivity contribution in [3.05, 3.63) is 59.5 Å². The molecule has 1 amide bonds. The van der Waals surface area contributed by atoms with Gasteiger partial charge >= 0.3 is 0 Å². The number of carbonyl (C=O) groups excluding carboxylic acids is 1. The number of nitrogens with one attached hydrogen (secondary N) is 2. The van der Waals surface area contributed by atoms with Gasteiger partial charge in [-0.2, -0.15) is 0 Å². The molecule has 1 aliphatic heterocycles. The van der Waals surface area contributed by atoms with Crippen LogP contribution < -0.4 is 10.6 Å². The normalized spacial score (nSPS) is 16.4. The monoisotopic (exact) mass is 370 g/mol. The van der Waals surface area contributed by atoms with Gasteiger partial charge in [0.05, 0.1) is 12.8 Å². The summed E-state index contributed by atoms with van der Waals surface area (Å²) in [6, 6.07) is 13.5. The zero-order valence-electron chi connectivity index (χ0n) is 16.8. The van der Waals surface area contributed by atoms with Gasteiger partial charge in [-0.25, -0.2) is 0 Å². The van der Waals surface area contributed by atoms with Crippen molar-refractivity contribution in [1.82, 2.24) is 10.6 Å². The Balaban J connectivity index is 0.000000244. The molecule has 0 saturated carbocycles. The second-order valence-corrected chi connectivity index (χ2v) is 7.10. The molecule has 2 N–H and O–H groups in total. The number of aryl methyl sites for hydroxylation is 3. The summed E-state index contributed by atoms with van der Waals surface area (Å²) in [4.78, 5) is 10.6. The highest BCUT2D eigenvalue weighted by Crippen LogP contribution is 2.11. The summed E-state index contributed by atoms with van der Waals surface area (Å²) in [5.41, 5.74) is 2.89. The third-order valence-corrected chi connectivity index (χ3v) is 4.99. The molecule has 4 heteroatoms. The molecule has 0 aliphatic carbocycles. The number of amides is 1. The first kappa shape index (κ1) is 21.2. The fourth-order valence-corrected chi connectivity index (χ4v) is 3.10. The Labute approximate surface area is 163 Å². The Bertz CT molecular complexity index is 625. The van der Waals surface area contributed by atoms with E-state index in [1.54, 1.807) is 6.26 Å². The van der Waals surface area contributed by atoms with E-state index in [0.717, 1.165) is 31.6 Å². The lowest BCUT2D eigenvalue weighted by Crippen LogP contribution is -2.51. The Kier molecular flexibility index (Phi) is 9.70. The SMILES string of the molecule is CC[C@H]1CNC(=O)CN1.CCc1ccc(CCCCCc2ccco2)cc1. The van der Waals surface area contributed by atoms with Gasteiger partial charge in [0.2, 0.25) is 5.91 Å². The van der Waals surface area contributed by atoms with Gasteiger partial charge in [0, 0.05) is 19.0 Å². The fourth-order valence-electron chi connectivity index (χ4n) is 3.10. The molecule has 4 nitrogen and oxygen atoms in total. The van der Waals surface area contributed by atoms with Crippen molar-refractivity contribution < 1.29 is 9.21 Å². The minimum absolute atomic E-state index is 0.111. The molecule has 1 fully saturated rings. The number of hydrogen-bond acceptors (Lipinski definition) is 3. The number of benzene rings is 1. The Morgan fingerprint density at radius 1 is 1.00 bits per heavy atom. The standard InChI is InChI=1S/C17H22O.C6H12N2O/c1-2-15-10-12-16(13-11-15)7-4-3-5-8-17-9-6-14-18-17;1-2-5-3-8-6(9)4-7-5/h6,9-14H,2-5,7-8H2,1H3;5,7H,2-4H2,1H3,(H,8,9)/t;5-/m.0/s1. The van der Waals surface area contributed by atoms with Crippen molar-refractivity contribution in [3.63, 3.8) is 0 Å². The van der Waals surface area contributed by atoms with Gasteiger partial charge in [-0.1, -0.05) is 44.5 Å². The van der Waals surface area contributed by atoms with Crippen LogP contribution in [0.25, 0.3) is 0 Å². The van der Waals surface area contributed by atoms with Gasteiger partial charge in [-0.15, -0.1) is 0 Å². The third-order valence-electron chi connectivity index (χ3n) is 4.99. The lowest BCUT2D eigenvalue weighted by Gasteiger charge is -2.22. The smallest absolute Gasteiger partial charge is 0.234 e. The number of carbonyl (C=O) groups is 1. The highest BCUT2D eigenvalue weighted by atomic mass is 16.3. The first-order valence-corrected chi connectivity index (χ1v) is 10.3. The molecule has 27 heavy (non-hydrogen) atoms. The van der Waals surface area contributed by atoms with E-state index in [-0.39, 0.29) is 5.91 Å². The predicted octanol–water partition coefficient (Wildman–Crippen LogP) is 4.28. The maximum atomic E-state index is 10.6. The molecule has 0 bridgehead atoms. The molecule has 0 spiro atoms. The van der Waals surface area contributed by atoms with Crippen LogP contribution in [0.4, 0.5) is 0 Å². The summed E-state index contributed by atoms with van der Waals surface area (Å²) in [6.45, 7) is 5.58. The van der Waals surface area contributed by atoms with E-state index in [1.165, 1.54) is 36.8 Å². The van der Waals surface area contributed by atoms with Gasteiger partial charge < -0.3 is 15.1 Å². The molecule has 1 saturated heterocycles. The molecule has 148 valence electrons. The first-order valence-electron chi connectivity index (χ1n) is 10.3. The fraction of sp³-hybridized carbons (Fsp3) is 0.522. The van der Waals surface area contributed by atoms with Crippen LogP contribution in [0.5, 0.6) is 0 Å². The highest BCUT2D eigenvalue weighted by Gasteiger charge is 2.13. The maximum absolute atomic E-state index is 10.6. The maximum Gasteiger partial charge on any atom is 0.234 e. The summed E-state index contributed by atoms with van der Waals surface area (Å²) in [5, 5.41) is 5.89. The van der Waals surface area contributed by atoms with Crippen molar-refractivity contribution in [1.29, 1.82) is 0 Å². The van der Waals surface area contributed by atoms with Crippen molar-refractivity contribution in [3.8, 4) is 0 Å². The van der Waals surface area contributed by atoms with Crippen LogP contribution in [0.2, 0.25) is 0 Å². The van der Waals surface area contributed by atoms with Crippen LogP contribution >= 0.6 is 0 Å². The summed E-state index contributed by atoms with van der Waals surface area (Å²) >= 11 is 0. The van der Waals surface area contributed by atoms with Crippen molar-refractivity contribution in [2.75, 3.05) is 13.1 Å². The Morgan fingerprint density at radius 2 is 1.74 bits per heavy atom. The van der Waals surface area contributed by atoms with Crippen molar-refractivity contribution in [2.24, 2.45) is 0 Å². The molecule has 0 radical (unpaired) electrons. The van der Waals surface area contributed by atoms with E-state index < -0.39 is 0 Å². The van der Waals surface area contributed by atoms with Crippen LogP contribution in [0.3, 0.4) is 0 Å². The van der Waals surface area contributed by atoms with Crippen molar-refractivity contribution >= 4 is 5.91 Å². The summed E-state index contributed by atoms with van der Waals surface area (Å²) in [6.07, 6.45) is 10.0. The molecule has 1 aliphatic rings. The lowest BCUT2D eigenvalue weighted by molar-refractivity contribution is -0.121. The number of hydrogen-bond donors (Lipinski definition) is 2. The molecule has 1 aromatic carbocycles. The number of piperazine rings is 1. The van der Waals surface area contributed by atoms with Gasteiger partial charge in [0.15, 0.2) is 0 Å². The van der Waals surface area contributed by atoms with Crippen LogP contribution in [0.1, 0.15) is 56.4 Å². The van der Waals surface area contributed by atoms with Gasteiger partial charge in [-0.3, -0.25) is 4.79 Å². The average Bonchev–Trinajstić information content (AvgIpc) is 3.23. The van der Waals surface area contributed by atoms with Crippen LogP contribution in [0, 0.1) is 0 Å². The second kappa shape index (κ2) is 12.3. The number of rotatable bonds is 8. The summed E-state index contributed by atoms with van der Waals surface area (Å²) in [7, 11) is 0. The topological polar surface area (TPSA) is 54.3 Å². The largest absolute Gasteiger partial charge is 0.469 e. The molecular weight excluding hydrogens is 336 g/mol. The van der Waals surface area contributed by atoms with Gasteiger partial charge in [0.25, 0.3) is 0 Å². The Morgan fingerprint density at radius 3 is 2.33 bits per heavy atom. The van der Waals surface area contributed by atoms with E-state index in [9.17, 15) is 4.79 Å². The summed E-state index contributed by atoms with van der Waals surface area (Å²) in [5.74, 6) is 1.22. The van der Waals surface area contributed by atoms with E-state index in [4.69, 9.17) is 4.42 Å². The highest BCUT2D eigenvalue weighted by molar-refractivity contribution is 5.78. The van der Waals surface area contributed by atoms with Crippen LogP contribution in [-0.4, -0.2) is 25.0 Å². The minimum Gasteiger partial charge on any atom is -0.469 e. The van der Waals surface area contributed by atoms with Gasteiger partial charge in [-0.05, 0) is 55.4 Å². The quantitative estimate of drug-likeness (QED) is 0.682. The van der Waals surface area contributed by atoms with E-state index in [1.807, 2.05) is 6.07 Å². The van der Waals surface area contributed by atoms with Crippen molar-refractivity contribution in [2.45, 2.75) is 64.8 Å². The predicted molar refractivity (Wildman–Crippen MR) is 111 cm³/mol. The molecule has 0 unspecified atom stereocenters.